The zero-order chi connectivity index (χ0) is 14.5. The number of benzene rings is 1. The minimum absolute atomic E-state index is 0.0415. The molecular formula is C13H13N3O3S. The quantitative estimate of drug-likeness (QED) is 0.773. The second kappa shape index (κ2) is 6.27. The Hall–Kier alpha value is -2.25. The first kappa shape index (κ1) is 14.2. The first-order chi connectivity index (χ1) is 9.58. The molecule has 1 aromatic carbocycles. The third-order valence-electron chi connectivity index (χ3n) is 2.53. The largest absolute Gasteiger partial charge is 0.481 e. The number of carbonyl (C=O) groups is 2. The summed E-state index contributed by atoms with van der Waals surface area (Å²) in [6.45, 7) is 0.307. The van der Waals surface area contributed by atoms with Crippen LogP contribution < -0.4 is 11.1 Å². The van der Waals surface area contributed by atoms with Crippen LogP contribution in [-0.2, 0) is 17.8 Å². The van der Waals surface area contributed by atoms with Crippen molar-refractivity contribution in [3.63, 3.8) is 0 Å². The number of nitrogens with zero attached hydrogens (tertiary/aromatic N) is 1. The molecule has 0 fully saturated rings. The Labute approximate surface area is 119 Å². The van der Waals surface area contributed by atoms with Crippen molar-refractivity contribution in [1.29, 1.82) is 0 Å². The van der Waals surface area contributed by atoms with Gasteiger partial charge in [-0.15, -0.1) is 11.3 Å². The molecule has 4 N–H and O–H groups in total. The van der Waals surface area contributed by atoms with Crippen LogP contribution in [0.15, 0.2) is 29.6 Å². The van der Waals surface area contributed by atoms with E-state index in [9.17, 15) is 9.59 Å². The van der Waals surface area contributed by atoms with E-state index >= 15 is 0 Å². The lowest BCUT2D eigenvalue weighted by Gasteiger charge is -2.04. The topological polar surface area (TPSA) is 105 Å². The van der Waals surface area contributed by atoms with Gasteiger partial charge in [-0.1, -0.05) is 12.1 Å². The highest BCUT2D eigenvalue weighted by molar-refractivity contribution is 7.09. The van der Waals surface area contributed by atoms with Crippen molar-refractivity contribution >= 4 is 28.9 Å². The number of rotatable bonds is 5. The van der Waals surface area contributed by atoms with Gasteiger partial charge in [-0.2, -0.15) is 0 Å². The Bertz CT molecular complexity index is 622. The predicted octanol–water partition coefficient (Wildman–Crippen LogP) is 1.48. The van der Waals surface area contributed by atoms with Crippen molar-refractivity contribution in [3.8, 4) is 0 Å². The summed E-state index contributed by atoms with van der Waals surface area (Å²) in [5.41, 5.74) is 7.03. The molecule has 20 heavy (non-hydrogen) atoms. The number of carboxylic acids is 1. The number of nitrogens with two attached hydrogens (primary N) is 1. The van der Waals surface area contributed by atoms with Gasteiger partial charge in [-0.3, -0.25) is 9.59 Å². The highest BCUT2D eigenvalue weighted by atomic mass is 32.1. The molecule has 0 radical (unpaired) electrons. The Kier molecular flexibility index (Phi) is 4.44. The zero-order valence-electron chi connectivity index (χ0n) is 10.5. The molecule has 0 aliphatic carbocycles. The van der Waals surface area contributed by atoms with Crippen molar-refractivity contribution in [2.45, 2.75) is 13.0 Å². The standard InChI is InChI=1S/C13H13N3O3S/c14-6-11-16-10(7-20-11)13(19)15-9-3-1-8(2-4-9)5-12(17)18/h1-4,7H,5-6,14H2,(H,15,19)(H,17,18). The van der Waals surface area contributed by atoms with E-state index in [1.807, 2.05) is 0 Å². The van der Waals surface area contributed by atoms with Crippen molar-refractivity contribution in [3.05, 3.63) is 45.9 Å². The summed E-state index contributed by atoms with van der Waals surface area (Å²) in [4.78, 5) is 26.5. The molecule has 7 heteroatoms. The van der Waals surface area contributed by atoms with Crippen LogP contribution in [0.1, 0.15) is 21.1 Å². The van der Waals surface area contributed by atoms with Gasteiger partial charge in [0.15, 0.2) is 0 Å². The molecule has 0 unspecified atom stereocenters. The molecule has 2 rings (SSSR count). The Morgan fingerprint density at radius 1 is 1.30 bits per heavy atom. The fourth-order valence-electron chi connectivity index (χ4n) is 1.58. The predicted molar refractivity (Wildman–Crippen MR) is 75.7 cm³/mol. The van der Waals surface area contributed by atoms with Crippen LogP contribution in [0.25, 0.3) is 0 Å². The van der Waals surface area contributed by atoms with Gasteiger partial charge < -0.3 is 16.2 Å². The van der Waals surface area contributed by atoms with Crippen LogP contribution in [0.4, 0.5) is 5.69 Å². The smallest absolute Gasteiger partial charge is 0.307 e. The maximum absolute atomic E-state index is 11.9. The van der Waals surface area contributed by atoms with Gasteiger partial charge in [-0.05, 0) is 17.7 Å². The van der Waals surface area contributed by atoms with E-state index < -0.39 is 5.97 Å². The molecule has 0 bridgehead atoms. The number of anilines is 1. The van der Waals surface area contributed by atoms with Crippen LogP contribution in [0.5, 0.6) is 0 Å². The third-order valence-corrected chi connectivity index (χ3v) is 3.40. The third kappa shape index (κ3) is 3.62. The summed E-state index contributed by atoms with van der Waals surface area (Å²) < 4.78 is 0. The van der Waals surface area contributed by atoms with Gasteiger partial charge in [0.2, 0.25) is 0 Å². The van der Waals surface area contributed by atoms with Crippen LogP contribution in [0, 0.1) is 0 Å². The monoisotopic (exact) mass is 291 g/mol. The minimum atomic E-state index is -0.890. The van der Waals surface area contributed by atoms with E-state index in [-0.39, 0.29) is 12.3 Å². The van der Waals surface area contributed by atoms with Gasteiger partial charge in [0.25, 0.3) is 5.91 Å². The number of nitrogens with one attached hydrogen (secondary N) is 1. The Balaban J connectivity index is 2.02. The lowest BCUT2D eigenvalue weighted by molar-refractivity contribution is -0.136. The lowest BCUT2D eigenvalue weighted by Crippen LogP contribution is -2.12. The van der Waals surface area contributed by atoms with Crippen LogP contribution >= 0.6 is 11.3 Å². The molecule has 0 saturated carbocycles. The normalized spacial score (nSPS) is 10.2. The summed E-state index contributed by atoms with van der Waals surface area (Å²) in [6.07, 6.45) is -0.0415. The molecule has 1 amide bonds. The number of hydrogen-bond donors (Lipinski definition) is 3. The van der Waals surface area contributed by atoms with Crippen molar-refractivity contribution in [2.75, 3.05) is 5.32 Å². The number of carboxylic acid groups (broad SMARTS) is 1. The number of hydrogen-bond acceptors (Lipinski definition) is 5. The van der Waals surface area contributed by atoms with Crippen molar-refractivity contribution in [1.82, 2.24) is 4.98 Å². The molecular weight excluding hydrogens is 278 g/mol. The number of aromatic nitrogens is 1. The maximum Gasteiger partial charge on any atom is 0.307 e. The minimum Gasteiger partial charge on any atom is -0.481 e. The van der Waals surface area contributed by atoms with E-state index in [0.29, 0.717) is 28.5 Å². The summed E-state index contributed by atoms with van der Waals surface area (Å²) in [5.74, 6) is -1.20. The summed E-state index contributed by atoms with van der Waals surface area (Å²) in [7, 11) is 0. The molecule has 1 heterocycles. The van der Waals surface area contributed by atoms with Gasteiger partial charge >= 0.3 is 5.97 Å². The van der Waals surface area contributed by atoms with Crippen molar-refractivity contribution < 1.29 is 14.7 Å². The van der Waals surface area contributed by atoms with E-state index in [4.69, 9.17) is 10.8 Å². The van der Waals surface area contributed by atoms with E-state index in [1.165, 1.54) is 11.3 Å². The molecule has 6 nitrogen and oxygen atoms in total. The molecule has 0 atom stereocenters. The Morgan fingerprint density at radius 3 is 2.55 bits per heavy atom. The molecule has 2 aromatic rings. The maximum atomic E-state index is 11.9. The molecule has 0 spiro atoms. The number of amides is 1. The fraction of sp³-hybridized carbons (Fsp3) is 0.154. The molecule has 0 aliphatic heterocycles. The average molecular weight is 291 g/mol. The highest BCUT2D eigenvalue weighted by Gasteiger charge is 2.10. The average Bonchev–Trinajstić information content (AvgIpc) is 2.89. The lowest BCUT2D eigenvalue weighted by atomic mass is 10.1. The van der Waals surface area contributed by atoms with Gasteiger partial charge in [0.05, 0.1) is 6.42 Å². The molecule has 104 valence electrons. The number of aliphatic carboxylic acids is 1. The Morgan fingerprint density at radius 2 is 2.00 bits per heavy atom. The molecule has 0 saturated heterocycles. The second-order valence-corrected chi connectivity index (χ2v) is 4.99. The van der Waals surface area contributed by atoms with Crippen LogP contribution in [0.2, 0.25) is 0 Å². The van der Waals surface area contributed by atoms with E-state index in [1.54, 1.807) is 29.6 Å². The van der Waals surface area contributed by atoms with E-state index in [0.717, 1.165) is 0 Å². The number of thiazole rings is 1. The van der Waals surface area contributed by atoms with Gasteiger partial charge in [0, 0.05) is 17.6 Å². The van der Waals surface area contributed by atoms with Crippen LogP contribution in [0.3, 0.4) is 0 Å². The molecule has 1 aromatic heterocycles. The first-order valence-corrected chi connectivity index (χ1v) is 6.73. The highest BCUT2D eigenvalue weighted by Crippen LogP contribution is 2.14. The zero-order valence-corrected chi connectivity index (χ0v) is 11.3. The summed E-state index contributed by atoms with van der Waals surface area (Å²) in [6, 6.07) is 6.64. The number of carbonyl (C=O) groups excluding carboxylic acids is 1. The summed E-state index contributed by atoms with van der Waals surface area (Å²) >= 11 is 1.34. The summed E-state index contributed by atoms with van der Waals surface area (Å²) in [5, 5.41) is 13.7. The van der Waals surface area contributed by atoms with Gasteiger partial charge in [-0.25, -0.2) is 4.98 Å². The second-order valence-electron chi connectivity index (χ2n) is 4.05. The molecule has 0 aliphatic rings. The van der Waals surface area contributed by atoms with Crippen LogP contribution in [-0.4, -0.2) is 22.0 Å². The van der Waals surface area contributed by atoms with E-state index in [2.05, 4.69) is 10.3 Å². The van der Waals surface area contributed by atoms with Crippen molar-refractivity contribution in [2.24, 2.45) is 5.73 Å². The first-order valence-electron chi connectivity index (χ1n) is 5.85. The fourth-order valence-corrected chi connectivity index (χ4v) is 2.24. The SMILES string of the molecule is NCc1nc(C(=O)Nc2ccc(CC(=O)O)cc2)cs1. The van der Waals surface area contributed by atoms with Gasteiger partial charge in [0.1, 0.15) is 10.7 Å².